The van der Waals surface area contributed by atoms with E-state index in [4.69, 9.17) is 0 Å². The minimum absolute atomic E-state index is 0. The summed E-state index contributed by atoms with van der Waals surface area (Å²) in [5.41, 5.74) is 1.30. The van der Waals surface area contributed by atoms with Crippen LogP contribution < -0.4 is 67.7 Å². The largest absolute Gasteiger partial charge is 0.344 e. The van der Waals surface area contributed by atoms with Gasteiger partial charge in [-0.2, -0.15) is 0 Å². The van der Waals surface area contributed by atoms with Gasteiger partial charge in [-0.1, -0.05) is 20.8 Å². The van der Waals surface area contributed by atoms with Gasteiger partial charge in [0.05, 0.1) is 0 Å². The molecule has 33 N–H and O–H groups in total. The van der Waals surface area contributed by atoms with Gasteiger partial charge in [-0.3, -0.25) is 0 Å². The third-order valence-electron chi connectivity index (χ3n) is 2.07. The van der Waals surface area contributed by atoms with E-state index in [-0.39, 0.29) is 73.1 Å². The van der Waals surface area contributed by atoms with Crippen molar-refractivity contribution in [2.24, 2.45) is 5.41 Å². The fourth-order valence-corrected chi connectivity index (χ4v) is 1.57. The molecule has 0 radical (unpaired) electrons. The van der Waals surface area contributed by atoms with Gasteiger partial charge in [0.25, 0.3) is 0 Å². The number of nitrogens with zero attached hydrogens (tertiary/aromatic N) is 3. The van der Waals surface area contributed by atoms with E-state index in [1.165, 1.54) is 0 Å². The van der Waals surface area contributed by atoms with Crippen LogP contribution >= 0.6 is 0 Å². The van der Waals surface area contributed by atoms with Crippen LogP contribution in [-0.4, -0.2) is 14.5 Å². The number of hydrogen-bond acceptors (Lipinski definition) is 13. The molecule has 0 aliphatic carbocycles. The molecule has 14 heteroatoms. The van der Waals surface area contributed by atoms with Crippen LogP contribution in [0.15, 0.2) is 24.8 Å². The highest BCUT2D eigenvalue weighted by atomic mass is 15.0. The zero-order valence-electron chi connectivity index (χ0n) is 16.6. The number of rotatable bonds is 1. The van der Waals surface area contributed by atoms with Crippen molar-refractivity contribution in [3.63, 3.8) is 0 Å². The van der Waals surface area contributed by atoms with Crippen molar-refractivity contribution in [3.8, 4) is 0 Å². The molecular weight excluding hydrogens is 328 g/mol. The second-order valence-corrected chi connectivity index (χ2v) is 4.81. The summed E-state index contributed by atoms with van der Waals surface area (Å²) in [4.78, 5) is 8.28. The van der Waals surface area contributed by atoms with Gasteiger partial charge in [-0.25, -0.2) is 9.97 Å². The summed E-state index contributed by atoms with van der Waals surface area (Å²) in [6, 6.07) is 2.06. The Kier molecular flexibility index (Phi) is 64.2. The van der Waals surface area contributed by atoms with Crippen LogP contribution in [0.1, 0.15) is 20.8 Å². The Morgan fingerprint density at radius 2 is 1.24 bits per heavy atom. The fraction of sp³-hybridized carbons (Fsp3) is 0.455. The Balaban J connectivity index is -0.0000000256. The predicted octanol–water partition coefficient (Wildman–Crippen LogP) is 4.26. The molecule has 2 heterocycles. The van der Waals surface area contributed by atoms with Crippen LogP contribution in [0.4, 0.5) is 0 Å². The Hall–Kier alpha value is -1.82. The van der Waals surface area contributed by atoms with Crippen LogP contribution in [0.5, 0.6) is 0 Å². The Morgan fingerprint density at radius 3 is 1.64 bits per heavy atom. The lowest BCUT2D eigenvalue weighted by Gasteiger charge is -2.19. The van der Waals surface area contributed by atoms with Gasteiger partial charge < -0.3 is 72.2 Å². The predicted molar refractivity (Wildman–Crippen MR) is 112 cm³/mol. The molecule has 0 saturated carbocycles. The van der Waals surface area contributed by atoms with E-state index in [1.807, 2.05) is 6.20 Å². The quantitative estimate of drug-likeness (QED) is 0.331. The first kappa shape index (κ1) is 65.6. The monoisotopic (exact) mass is 376 g/mol. The Labute approximate surface area is 151 Å². The van der Waals surface area contributed by atoms with E-state index in [0.717, 1.165) is 17.6 Å². The van der Waals surface area contributed by atoms with Gasteiger partial charge in [0, 0.05) is 24.3 Å². The molecule has 162 valence electrons. The number of aromatic nitrogens is 3. The summed E-state index contributed by atoms with van der Waals surface area (Å²) in [6.07, 6.45) is 5.52. The van der Waals surface area contributed by atoms with Crippen molar-refractivity contribution >= 4 is 11.0 Å². The van der Waals surface area contributed by atoms with Crippen LogP contribution in [0.25, 0.3) is 11.0 Å². The Morgan fingerprint density at radius 1 is 0.800 bits per heavy atom. The number of fused-ring (bicyclic) bond motifs is 1. The lowest BCUT2D eigenvalue weighted by Crippen LogP contribution is -2.14. The minimum Gasteiger partial charge on any atom is -0.344 e. The highest BCUT2D eigenvalue weighted by molar-refractivity contribution is 5.74. The zero-order chi connectivity index (χ0) is 10.2. The van der Waals surface area contributed by atoms with Crippen LogP contribution in [0.3, 0.4) is 0 Å². The van der Waals surface area contributed by atoms with E-state index in [0.29, 0.717) is 0 Å². The third-order valence-corrected chi connectivity index (χ3v) is 2.07. The standard InChI is InChI=1S/C11H15N3.11H3N/c1-11(2,3)7-14-5-4-9-6-12-8-13-10(9)14;;;;;;;;;;;/h4-6,8H,7H2,1-3H3;11*1H3. The molecule has 0 saturated heterocycles. The van der Waals surface area contributed by atoms with Crippen molar-refractivity contribution < 1.29 is 0 Å². The van der Waals surface area contributed by atoms with Crippen molar-refractivity contribution in [3.05, 3.63) is 24.8 Å². The molecule has 0 atom stereocenters. The van der Waals surface area contributed by atoms with Crippen LogP contribution in [0.2, 0.25) is 0 Å². The van der Waals surface area contributed by atoms with E-state index in [1.54, 1.807) is 6.33 Å². The highest BCUT2D eigenvalue weighted by Crippen LogP contribution is 2.20. The van der Waals surface area contributed by atoms with Crippen LogP contribution in [-0.2, 0) is 6.54 Å². The highest BCUT2D eigenvalue weighted by Gasteiger charge is 2.12. The molecule has 0 bridgehead atoms. The molecule has 0 unspecified atom stereocenters. The van der Waals surface area contributed by atoms with Gasteiger partial charge in [-0.15, -0.1) is 0 Å². The molecular formula is C11H48N14. The van der Waals surface area contributed by atoms with Gasteiger partial charge in [-0.05, 0) is 11.5 Å². The van der Waals surface area contributed by atoms with E-state index in [2.05, 4.69) is 47.6 Å². The molecule has 2 aromatic heterocycles. The normalized spacial score (nSPS) is 6.84. The maximum Gasteiger partial charge on any atom is 0.143 e. The van der Waals surface area contributed by atoms with Gasteiger partial charge in [0.15, 0.2) is 0 Å². The van der Waals surface area contributed by atoms with Crippen molar-refractivity contribution in [1.29, 1.82) is 0 Å². The molecule has 0 aliphatic heterocycles. The lowest BCUT2D eigenvalue weighted by atomic mass is 9.97. The summed E-state index contributed by atoms with van der Waals surface area (Å²) in [5, 5.41) is 1.11. The first-order chi connectivity index (χ1) is 6.56. The van der Waals surface area contributed by atoms with Crippen molar-refractivity contribution in [1.82, 2.24) is 82.2 Å². The average molecular weight is 377 g/mol. The summed E-state index contributed by atoms with van der Waals surface area (Å²) >= 11 is 0. The fourth-order valence-electron chi connectivity index (χ4n) is 1.57. The van der Waals surface area contributed by atoms with E-state index in [9.17, 15) is 0 Å². The molecule has 0 amide bonds. The summed E-state index contributed by atoms with van der Waals surface area (Å²) in [7, 11) is 0. The Bertz CT molecular complexity index is 451. The lowest BCUT2D eigenvalue weighted by molar-refractivity contribution is 0.348. The second-order valence-electron chi connectivity index (χ2n) is 4.81. The SMILES string of the molecule is CC(C)(C)Cn1ccc2cncnc21.N.N.N.N.N.N.N.N.N.N.N. The maximum atomic E-state index is 4.28. The smallest absolute Gasteiger partial charge is 0.143 e. The molecule has 0 spiro atoms. The first-order valence-electron chi connectivity index (χ1n) is 4.81. The van der Waals surface area contributed by atoms with Gasteiger partial charge in [0.1, 0.15) is 12.0 Å². The zero-order valence-corrected chi connectivity index (χ0v) is 16.6. The first-order valence-corrected chi connectivity index (χ1v) is 4.81. The molecule has 14 nitrogen and oxygen atoms in total. The van der Waals surface area contributed by atoms with Gasteiger partial charge in [0.2, 0.25) is 0 Å². The molecule has 2 rings (SSSR count). The topological polar surface area (TPSA) is 416 Å². The van der Waals surface area contributed by atoms with Gasteiger partial charge >= 0.3 is 0 Å². The molecule has 0 fully saturated rings. The van der Waals surface area contributed by atoms with Crippen LogP contribution in [0, 0.1) is 5.41 Å². The summed E-state index contributed by atoms with van der Waals surface area (Å²) in [5.74, 6) is 0. The van der Waals surface area contributed by atoms with E-state index < -0.39 is 0 Å². The average Bonchev–Trinajstić information content (AvgIpc) is 2.47. The van der Waals surface area contributed by atoms with Crippen molar-refractivity contribution in [2.45, 2.75) is 27.3 Å². The summed E-state index contributed by atoms with van der Waals surface area (Å²) in [6.45, 7) is 7.65. The maximum absolute atomic E-state index is 4.28. The van der Waals surface area contributed by atoms with E-state index >= 15 is 0 Å². The molecule has 2 aromatic rings. The molecule has 0 aliphatic rings. The third kappa shape index (κ3) is 16.8. The molecule has 25 heavy (non-hydrogen) atoms. The summed E-state index contributed by atoms with van der Waals surface area (Å²) < 4.78 is 2.18. The number of hydrogen-bond donors (Lipinski definition) is 11. The minimum atomic E-state index is 0. The second kappa shape index (κ2) is 24.4. The van der Waals surface area contributed by atoms with Crippen molar-refractivity contribution in [2.75, 3.05) is 0 Å². The molecule has 0 aromatic carbocycles.